The summed E-state index contributed by atoms with van der Waals surface area (Å²) >= 11 is 0. The Kier molecular flexibility index (Phi) is 14.4. The average Bonchev–Trinajstić information content (AvgIpc) is 2.85. The lowest BCUT2D eigenvalue weighted by Gasteiger charge is -2.22. The van der Waals surface area contributed by atoms with Gasteiger partial charge in [0.1, 0.15) is 6.61 Å². The molecule has 1 aliphatic heterocycles. The highest BCUT2D eigenvalue weighted by Gasteiger charge is 2.24. The standard InChI is InChI=1S/C26H38N2O7/c29-14-16-33-15-13-27-24(30)17-22-11-7-2-1-3-8-12-25(31)35-20-23(28-26(22)32)19-34-18-21-9-5-4-6-10-21/h2,4-7,9-10,22-23,29H,1,3,8,11-20H2,(H,27,30)(H,28,32)/t22-,23+/m1/s1. The zero-order chi connectivity index (χ0) is 25.1. The fourth-order valence-electron chi connectivity index (χ4n) is 3.53. The number of ether oxygens (including phenoxy) is 3. The van der Waals surface area contributed by atoms with Gasteiger partial charge in [-0.05, 0) is 31.2 Å². The highest BCUT2D eigenvalue weighted by molar-refractivity contribution is 5.86. The van der Waals surface area contributed by atoms with E-state index in [-0.39, 0.29) is 57.2 Å². The molecule has 9 nitrogen and oxygen atoms in total. The Morgan fingerprint density at radius 2 is 1.94 bits per heavy atom. The van der Waals surface area contributed by atoms with Gasteiger partial charge in [0.2, 0.25) is 11.8 Å². The van der Waals surface area contributed by atoms with E-state index >= 15 is 0 Å². The van der Waals surface area contributed by atoms with Crippen LogP contribution in [-0.2, 0) is 35.2 Å². The first kappa shape index (κ1) is 28.5. The van der Waals surface area contributed by atoms with Crippen LogP contribution in [0.15, 0.2) is 42.5 Å². The fourth-order valence-corrected chi connectivity index (χ4v) is 3.53. The molecule has 0 spiro atoms. The van der Waals surface area contributed by atoms with E-state index in [4.69, 9.17) is 19.3 Å². The van der Waals surface area contributed by atoms with Crippen molar-refractivity contribution in [3.05, 3.63) is 48.0 Å². The van der Waals surface area contributed by atoms with Crippen molar-refractivity contribution in [3.8, 4) is 0 Å². The molecule has 0 unspecified atom stereocenters. The molecule has 1 aromatic carbocycles. The van der Waals surface area contributed by atoms with Gasteiger partial charge in [-0.1, -0.05) is 42.5 Å². The molecule has 194 valence electrons. The largest absolute Gasteiger partial charge is 0.463 e. The Bertz CT molecular complexity index is 785. The molecule has 35 heavy (non-hydrogen) atoms. The van der Waals surface area contributed by atoms with Crippen molar-refractivity contribution in [1.29, 1.82) is 0 Å². The molecule has 2 amide bonds. The minimum Gasteiger partial charge on any atom is -0.463 e. The van der Waals surface area contributed by atoms with Crippen molar-refractivity contribution in [1.82, 2.24) is 10.6 Å². The van der Waals surface area contributed by atoms with E-state index in [1.807, 2.05) is 42.5 Å². The van der Waals surface area contributed by atoms with Gasteiger partial charge in [-0.3, -0.25) is 14.4 Å². The summed E-state index contributed by atoms with van der Waals surface area (Å²) < 4.78 is 16.3. The summed E-state index contributed by atoms with van der Waals surface area (Å²) in [6, 6.07) is 9.13. The van der Waals surface area contributed by atoms with Crippen LogP contribution in [0.4, 0.5) is 0 Å². The van der Waals surface area contributed by atoms with E-state index in [9.17, 15) is 14.4 Å². The van der Waals surface area contributed by atoms with Gasteiger partial charge in [-0.2, -0.15) is 0 Å². The zero-order valence-corrected chi connectivity index (χ0v) is 20.3. The zero-order valence-electron chi connectivity index (χ0n) is 20.3. The highest BCUT2D eigenvalue weighted by Crippen LogP contribution is 2.13. The number of carbonyl (C=O) groups is 3. The summed E-state index contributed by atoms with van der Waals surface area (Å²) in [4.78, 5) is 37.6. The molecular weight excluding hydrogens is 452 g/mol. The number of carbonyl (C=O) groups excluding carboxylic acids is 3. The van der Waals surface area contributed by atoms with Crippen LogP contribution >= 0.6 is 0 Å². The molecule has 0 bridgehead atoms. The Morgan fingerprint density at radius 1 is 1.11 bits per heavy atom. The van der Waals surface area contributed by atoms with Crippen molar-refractivity contribution in [3.63, 3.8) is 0 Å². The van der Waals surface area contributed by atoms with E-state index < -0.39 is 12.0 Å². The minimum atomic E-state index is -0.570. The third-order valence-corrected chi connectivity index (χ3v) is 5.42. The van der Waals surface area contributed by atoms with Gasteiger partial charge >= 0.3 is 5.97 Å². The van der Waals surface area contributed by atoms with Gasteiger partial charge < -0.3 is 30.0 Å². The molecular formula is C26H38N2O7. The molecule has 0 saturated carbocycles. The van der Waals surface area contributed by atoms with Crippen LogP contribution in [0.1, 0.15) is 44.1 Å². The lowest BCUT2D eigenvalue weighted by Crippen LogP contribution is -2.45. The normalized spacial score (nSPS) is 19.9. The van der Waals surface area contributed by atoms with Gasteiger partial charge in [0.25, 0.3) is 0 Å². The number of hydrogen-bond acceptors (Lipinski definition) is 7. The van der Waals surface area contributed by atoms with E-state index in [1.54, 1.807) is 0 Å². The number of benzene rings is 1. The quantitative estimate of drug-likeness (QED) is 0.246. The minimum absolute atomic E-state index is 0.0102. The number of allylic oxidation sites excluding steroid dienone is 2. The first-order chi connectivity index (χ1) is 17.1. The number of nitrogens with one attached hydrogen (secondary N) is 2. The van der Waals surface area contributed by atoms with E-state index in [1.165, 1.54) is 0 Å². The predicted octanol–water partition coefficient (Wildman–Crippen LogP) is 1.88. The second-order valence-electron chi connectivity index (χ2n) is 8.43. The lowest BCUT2D eigenvalue weighted by molar-refractivity contribution is -0.146. The molecule has 3 N–H and O–H groups in total. The topological polar surface area (TPSA) is 123 Å². The highest BCUT2D eigenvalue weighted by atomic mass is 16.5. The summed E-state index contributed by atoms with van der Waals surface area (Å²) in [6.45, 7) is 1.28. The molecule has 1 aromatic rings. The predicted molar refractivity (Wildman–Crippen MR) is 130 cm³/mol. The Hall–Kier alpha value is -2.75. The molecule has 1 heterocycles. The Labute approximate surface area is 207 Å². The van der Waals surface area contributed by atoms with Gasteiger partial charge in [-0.25, -0.2) is 0 Å². The van der Waals surface area contributed by atoms with Crippen molar-refractivity contribution in [2.24, 2.45) is 5.92 Å². The first-order valence-corrected chi connectivity index (χ1v) is 12.3. The van der Waals surface area contributed by atoms with Crippen LogP contribution in [0.5, 0.6) is 0 Å². The molecule has 9 heteroatoms. The van der Waals surface area contributed by atoms with Crippen LogP contribution < -0.4 is 10.6 Å². The molecule has 2 rings (SSSR count). The maximum atomic E-state index is 13.1. The van der Waals surface area contributed by atoms with Gasteiger partial charge in [0.15, 0.2) is 0 Å². The monoisotopic (exact) mass is 490 g/mol. The summed E-state index contributed by atoms with van der Waals surface area (Å²) in [5.41, 5.74) is 0.999. The summed E-state index contributed by atoms with van der Waals surface area (Å²) in [5.74, 6) is -1.41. The SMILES string of the molecule is O=C(C[C@H]1CC=CCCCCC(=O)OC[C@H](COCc2ccccc2)NC1=O)NCCOCCO. The summed E-state index contributed by atoms with van der Waals surface area (Å²) in [7, 11) is 0. The third-order valence-electron chi connectivity index (χ3n) is 5.42. The van der Waals surface area contributed by atoms with Crippen molar-refractivity contribution < 1.29 is 33.7 Å². The van der Waals surface area contributed by atoms with Gasteiger partial charge in [0.05, 0.1) is 45.0 Å². The molecule has 0 fully saturated rings. The Balaban J connectivity index is 1.97. The number of esters is 1. The number of rotatable bonds is 11. The molecule has 0 saturated heterocycles. The van der Waals surface area contributed by atoms with E-state index in [2.05, 4.69) is 10.6 Å². The summed E-state index contributed by atoms with van der Waals surface area (Å²) in [6.07, 6.45) is 7.07. The first-order valence-electron chi connectivity index (χ1n) is 12.3. The smallest absolute Gasteiger partial charge is 0.305 e. The molecule has 2 atom stereocenters. The van der Waals surface area contributed by atoms with E-state index in [0.29, 0.717) is 26.0 Å². The van der Waals surface area contributed by atoms with Crippen molar-refractivity contribution in [2.45, 2.75) is 51.2 Å². The van der Waals surface area contributed by atoms with Crippen molar-refractivity contribution >= 4 is 17.8 Å². The van der Waals surface area contributed by atoms with Gasteiger partial charge in [-0.15, -0.1) is 0 Å². The molecule has 0 radical (unpaired) electrons. The number of aliphatic hydroxyl groups is 1. The number of hydrogen-bond donors (Lipinski definition) is 3. The maximum Gasteiger partial charge on any atom is 0.305 e. The second-order valence-corrected chi connectivity index (χ2v) is 8.43. The molecule has 0 aromatic heterocycles. The van der Waals surface area contributed by atoms with Crippen LogP contribution in [-0.4, -0.2) is 68.5 Å². The average molecular weight is 491 g/mol. The van der Waals surface area contributed by atoms with Crippen molar-refractivity contribution in [2.75, 3.05) is 39.6 Å². The third kappa shape index (κ3) is 13.1. The van der Waals surface area contributed by atoms with Gasteiger partial charge in [0, 0.05) is 19.4 Å². The number of amides is 2. The van der Waals surface area contributed by atoms with Crippen LogP contribution in [0.2, 0.25) is 0 Å². The number of cyclic esters (lactones) is 1. The Morgan fingerprint density at radius 3 is 2.74 bits per heavy atom. The van der Waals surface area contributed by atoms with E-state index in [0.717, 1.165) is 24.8 Å². The van der Waals surface area contributed by atoms with Crippen LogP contribution in [0, 0.1) is 5.92 Å². The molecule has 1 aliphatic rings. The van der Waals surface area contributed by atoms with Crippen LogP contribution in [0.3, 0.4) is 0 Å². The lowest BCUT2D eigenvalue weighted by atomic mass is 9.98. The summed E-state index contributed by atoms with van der Waals surface area (Å²) in [5, 5.41) is 14.4. The molecule has 0 aliphatic carbocycles. The fraction of sp³-hybridized carbons (Fsp3) is 0.577. The van der Waals surface area contributed by atoms with Crippen LogP contribution in [0.25, 0.3) is 0 Å². The second kappa shape index (κ2) is 17.7. The number of aliphatic hydroxyl groups excluding tert-OH is 1. The maximum absolute atomic E-state index is 13.1.